The van der Waals surface area contributed by atoms with Crippen LogP contribution in [0.3, 0.4) is 0 Å². The zero-order valence-corrected chi connectivity index (χ0v) is 15.8. The zero-order valence-electron chi connectivity index (χ0n) is 15.0. The number of benzene rings is 4. The van der Waals surface area contributed by atoms with Crippen molar-refractivity contribution in [3.63, 3.8) is 0 Å². The number of thioether (sulfide) groups is 1. The van der Waals surface area contributed by atoms with Crippen molar-refractivity contribution in [2.24, 2.45) is 0 Å². The third-order valence-corrected chi connectivity index (χ3v) is 6.58. The van der Waals surface area contributed by atoms with Crippen molar-refractivity contribution in [3.8, 4) is 22.3 Å². The van der Waals surface area contributed by atoms with Crippen molar-refractivity contribution in [1.29, 1.82) is 0 Å². The summed E-state index contributed by atoms with van der Waals surface area (Å²) in [5.41, 5.74) is 6.90. The fourth-order valence-corrected chi connectivity index (χ4v) is 5.60. The van der Waals surface area contributed by atoms with Crippen LogP contribution in [0.5, 0.6) is 0 Å². The molecule has 1 aliphatic heterocycles. The Morgan fingerprint density at radius 2 is 1.04 bits per heavy atom. The fraction of sp³-hybridized carbons (Fsp3) is 0.120. The highest BCUT2D eigenvalue weighted by atomic mass is 32.2. The molecule has 4 aromatic carbocycles. The van der Waals surface area contributed by atoms with Crippen LogP contribution in [0, 0.1) is 0 Å². The molecule has 0 spiro atoms. The minimum Gasteiger partial charge on any atom is -0.114 e. The maximum Gasteiger partial charge on any atom is 0.0417 e. The molecule has 1 heteroatoms. The van der Waals surface area contributed by atoms with Gasteiger partial charge in [0.25, 0.3) is 0 Å². The third-order valence-electron chi connectivity index (χ3n) is 5.25. The summed E-state index contributed by atoms with van der Waals surface area (Å²) < 4.78 is 0.133. The van der Waals surface area contributed by atoms with Crippen molar-refractivity contribution >= 4 is 22.5 Å². The van der Waals surface area contributed by atoms with Crippen LogP contribution in [-0.4, -0.2) is 0 Å². The summed E-state index contributed by atoms with van der Waals surface area (Å²) in [7, 11) is 0. The van der Waals surface area contributed by atoms with E-state index in [1.807, 2.05) is 11.8 Å². The lowest BCUT2D eigenvalue weighted by Gasteiger charge is -2.42. The molecule has 26 heavy (non-hydrogen) atoms. The molecule has 0 radical (unpaired) electrons. The van der Waals surface area contributed by atoms with E-state index in [4.69, 9.17) is 0 Å². The lowest BCUT2D eigenvalue weighted by molar-refractivity contribution is 0.731. The van der Waals surface area contributed by atoms with Gasteiger partial charge in [0.15, 0.2) is 0 Å². The summed E-state index contributed by atoms with van der Waals surface area (Å²) in [5, 5.41) is 2.70. The molecule has 1 heterocycles. The monoisotopic (exact) mass is 352 g/mol. The van der Waals surface area contributed by atoms with E-state index >= 15 is 0 Å². The van der Waals surface area contributed by atoms with Gasteiger partial charge < -0.3 is 0 Å². The normalized spacial score (nSPS) is 14.7. The van der Waals surface area contributed by atoms with Crippen molar-refractivity contribution in [2.45, 2.75) is 23.5 Å². The molecule has 0 bridgehead atoms. The van der Waals surface area contributed by atoms with E-state index in [0.29, 0.717) is 0 Å². The summed E-state index contributed by atoms with van der Waals surface area (Å²) in [6, 6.07) is 30.6. The van der Waals surface area contributed by atoms with Crippen molar-refractivity contribution in [3.05, 3.63) is 90.5 Å². The van der Waals surface area contributed by atoms with Crippen LogP contribution in [0.2, 0.25) is 0 Å². The first-order chi connectivity index (χ1) is 12.7. The van der Waals surface area contributed by atoms with Gasteiger partial charge in [-0.25, -0.2) is 0 Å². The van der Waals surface area contributed by atoms with Gasteiger partial charge in [-0.2, -0.15) is 0 Å². The molecule has 0 amide bonds. The molecule has 0 aliphatic carbocycles. The van der Waals surface area contributed by atoms with Crippen LogP contribution in [-0.2, 0) is 4.75 Å². The van der Waals surface area contributed by atoms with Gasteiger partial charge in [0.05, 0.1) is 0 Å². The standard InChI is InChI=1S/C25H20S/c1-25(2)23-21(17-11-5-3-6-12-17)19-15-9-10-16-20(19)22(24(23)26-25)18-13-7-4-8-14-18/h3-16H,1-2H3. The largest absolute Gasteiger partial charge is 0.114 e. The number of hydrogen-bond acceptors (Lipinski definition) is 1. The second-order valence-electron chi connectivity index (χ2n) is 7.34. The van der Waals surface area contributed by atoms with Gasteiger partial charge in [-0.1, -0.05) is 84.9 Å². The van der Waals surface area contributed by atoms with E-state index in [-0.39, 0.29) is 4.75 Å². The highest BCUT2D eigenvalue weighted by Gasteiger charge is 2.41. The summed E-state index contributed by atoms with van der Waals surface area (Å²) in [4.78, 5) is 1.44. The van der Waals surface area contributed by atoms with Gasteiger partial charge in [-0.15, -0.1) is 11.8 Å². The maximum atomic E-state index is 2.34. The Kier molecular flexibility index (Phi) is 3.48. The maximum absolute atomic E-state index is 2.34. The van der Waals surface area contributed by atoms with E-state index in [9.17, 15) is 0 Å². The first-order valence-electron chi connectivity index (χ1n) is 9.06. The molecule has 126 valence electrons. The van der Waals surface area contributed by atoms with Crippen LogP contribution in [0.4, 0.5) is 0 Å². The van der Waals surface area contributed by atoms with Crippen LogP contribution in [0.15, 0.2) is 89.8 Å². The molecule has 0 N–H and O–H groups in total. The molecule has 0 atom stereocenters. The van der Waals surface area contributed by atoms with Gasteiger partial charge in [0.1, 0.15) is 0 Å². The van der Waals surface area contributed by atoms with Gasteiger partial charge in [0.2, 0.25) is 0 Å². The minimum absolute atomic E-state index is 0.133. The Bertz CT molecular complexity index is 1110. The number of hydrogen-bond donors (Lipinski definition) is 0. The van der Waals surface area contributed by atoms with Crippen LogP contribution in [0.25, 0.3) is 33.0 Å². The predicted octanol–water partition coefficient (Wildman–Crippen LogP) is 7.51. The summed E-state index contributed by atoms with van der Waals surface area (Å²) in [6.45, 7) is 4.69. The van der Waals surface area contributed by atoms with E-state index in [0.717, 1.165) is 0 Å². The first kappa shape index (κ1) is 15.7. The van der Waals surface area contributed by atoms with Gasteiger partial charge in [0, 0.05) is 15.2 Å². The molecule has 0 unspecified atom stereocenters. The van der Waals surface area contributed by atoms with Crippen molar-refractivity contribution in [2.75, 3.05) is 0 Å². The second kappa shape index (κ2) is 5.75. The van der Waals surface area contributed by atoms with E-state index < -0.39 is 0 Å². The lowest BCUT2D eigenvalue weighted by atomic mass is 9.83. The van der Waals surface area contributed by atoms with Gasteiger partial charge in [-0.3, -0.25) is 0 Å². The highest BCUT2D eigenvalue weighted by molar-refractivity contribution is 8.01. The quantitative estimate of drug-likeness (QED) is 0.359. The highest BCUT2D eigenvalue weighted by Crippen LogP contribution is 2.62. The van der Waals surface area contributed by atoms with Crippen LogP contribution in [0.1, 0.15) is 19.4 Å². The smallest absolute Gasteiger partial charge is 0.0417 e. The van der Waals surface area contributed by atoms with E-state index in [1.54, 1.807) is 0 Å². The number of fused-ring (bicyclic) bond motifs is 2. The fourth-order valence-electron chi connectivity index (χ4n) is 4.15. The van der Waals surface area contributed by atoms with E-state index in [2.05, 4.69) is 98.8 Å². The lowest BCUT2D eigenvalue weighted by Crippen LogP contribution is -2.24. The molecule has 0 nitrogen and oxygen atoms in total. The Balaban J connectivity index is 1.95. The Morgan fingerprint density at radius 3 is 1.58 bits per heavy atom. The Labute approximate surface area is 158 Å². The summed E-state index contributed by atoms with van der Waals surface area (Å²) in [5.74, 6) is 0. The number of rotatable bonds is 2. The third kappa shape index (κ3) is 2.24. The molecule has 5 rings (SSSR count). The average Bonchev–Trinajstić information content (AvgIpc) is 2.68. The minimum atomic E-state index is 0.133. The Morgan fingerprint density at radius 1 is 0.577 bits per heavy atom. The first-order valence-corrected chi connectivity index (χ1v) is 9.87. The van der Waals surface area contributed by atoms with Crippen molar-refractivity contribution in [1.82, 2.24) is 0 Å². The molecule has 0 aromatic heterocycles. The summed E-state index contributed by atoms with van der Waals surface area (Å²) in [6.07, 6.45) is 0. The SMILES string of the molecule is CC1(C)Sc2c1c(-c1ccccc1)c1ccccc1c2-c1ccccc1. The Hall–Kier alpha value is -2.51. The molecular weight excluding hydrogens is 332 g/mol. The average molecular weight is 353 g/mol. The zero-order chi connectivity index (χ0) is 17.7. The molecule has 0 fully saturated rings. The second-order valence-corrected chi connectivity index (χ2v) is 8.98. The van der Waals surface area contributed by atoms with Crippen LogP contribution >= 0.6 is 11.8 Å². The molecule has 0 saturated heterocycles. The predicted molar refractivity (Wildman–Crippen MR) is 114 cm³/mol. The van der Waals surface area contributed by atoms with E-state index in [1.165, 1.54) is 43.5 Å². The van der Waals surface area contributed by atoms with Crippen molar-refractivity contribution < 1.29 is 0 Å². The van der Waals surface area contributed by atoms with Gasteiger partial charge >= 0.3 is 0 Å². The summed E-state index contributed by atoms with van der Waals surface area (Å²) >= 11 is 2.00. The molecule has 4 aromatic rings. The van der Waals surface area contributed by atoms with Gasteiger partial charge in [-0.05, 0) is 46.9 Å². The topological polar surface area (TPSA) is 0 Å². The van der Waals surface area contributed by atoms with Crippen LogP contribution < -0.4 is 0 Å². The molecular formula is C25H20S. The molecule has 1 aliphatic rings. The molecule has 0 saturated carbocycles.